The van der Waals surface area contributed by atoms with Gasteiger partial charge in [-0.25, -0.2) is 22.0 Å². The van der Waals surface area contributed by atoms with Crippen molar-refractivity contribution in [1.29, 1.82) is 0 Å². The molecule has 0 N–H and O–H groups in total. The fourth-order valence-electron chi connectivity index (χ4n) is 1.01. The second kappa shape index (κ2) is 4.43. The Kier molecular flexibility index (Phi) is 3.70. The summed E-state index contributed by atoms with van der Waals surface area (Å²) in [5.41, 5.74) is -1.96. The molecule has 9 heteroatoms. The lowest BCUT2D eigenvalue weighted by Crippen LogP contribution is -2.20. The number of hydrogen-bond donors (Lipinski definition) is 0. The van der Waals surface area contributed by atoms with Crippen LogP contribution in [-0.2, 0) is 0 Å². The first-order chi connectivity index (χ1) is 7.59. The summed E-state index contributed by atoms with van der Waals surface area (Å²) in [4.78, 5) is 0. The second-order valence-electron chi connectivity index (χ2n) is 2.89. The summed E-state index contributed by atoms with van der Waals surface area (Å²) in [7, 11) is 0. The summed E-state index contributed by atoms with van der Waals surface area (Å²) in [6, 6.07) is 0. The zero-order chi connectivity index (χ0) is 13.5. The Labute approximate surface area is 97.4 Å². The largest absolute Gasteiger partial charge is 0.424 e. The Morgan fingerprint density at radius 1 is 0.824 bits per heavy atom. The Morgan fingerprint density at radius 2 is 1.24 bits per heavy atom. The van der Waals surface area contributed by atoms with Gasteiger partial charge in [0, 0.05) is 0 Å². The second-order valence-corrected chi connectivity index (χ2v) is 3.68. The first kappa shape index (κ1) is 14.2. The van der Waals surface area contributed by atoms with Crippen LogP contribution >= 0.6 is 15.9 Å². The molecule has 0 fully saturated rings. The first-order valence-electron chi connectivity index (χ1n) is 3.81. The van der Waals surface area contributed by atoms with Crippen molar-refractivity contribution in [2.75, 3.05) is 0 Å². The van der Waals surface area contributed by atoms with Crippen molar-refractivity contribution >= 4 is 15.9 Å². The third-order valence-electron chi connectivity index (χ3n) is 1.78. The van der Waals surface area contributed by atoms with Crippen molar-refractivity contribution in [1.82, 2.24) is 0 Å². The molecular weight excluding hydrogens is 328 g/mol. The maximum atomic E-state index is 12.9. The van der Waals surface area contributed by atoms with Crippen molar-refractivity contribution < 1.29 is 35.1 Å². The third kappa shape index (κ3) is 2.38. The van der Waals surface area contributed by atoms with Crippen LogP contribution in [0.2, 0.25) is 0 Å². The van der Waals surface area contributed by atoms with Crippen LogP contribution < -0.4 is 0 Å². The van der Waals surface area contributed by atoms with Crippen LogP contribution in [0.5, 0.6) is 0 Å². The molecule has 1 aromatic rings. The van der Waals surface area contributed by atoms with E-state index in [0.717, 1.165) is 0 Å². The van der Waals surface area contributed by atoms with Gasteiger partial charge < -0.3 is 0 Å². The smallest absolute Gasteiger partial charge is 0.232 e. The van der Waals surface area contributed by atoms with Crippen LogP contribution in [0.4, 0.5) is 35.1 Å². The molecule has 17 heavy (non-hydrogen) atoms. The van der Waals surface area contributed by atoms with Crippen molar-refractivity contribution in [3.05, 3.63) is 33.3 Å². The lowest BCUT2D eigenvalue weighted by molar-refractivity contribution is -0.183. The number of rotatable bonds is 1. The van der Waals surface area contributed by atoms with Crippen molar-refractivity contribution in [3.63, 3.8) is 0 Å². The van der Waals surface area contributed by atoms with Crippen LogP contribution in [0.3, 0.4) is 0 Å². The molecule has 0 nitrogen and oxygen atoms in total. The Hall–Kier alpha value is -0.860. The first-order valence-corrected chi connectivity index (χ1v) is 4.60. The molecule has 0 amide bonds. The molecule has 0 aliphatic carbocycles. The maximum absolute atomic E-state index is 12.9. The highest BCUT2D eigenvalue weighted by Gasteiger charge is 2.45. The number of benzene rings is 1. The van der Waals surface area contributed by atoms with Gasteiger partial charge in [0.1, 0.15) is 0 Å². The van der Waals surface area contributed by atoms with Crippen molar-refractivity contribution in [2.45, 2.75) is 12.3 Å². The average molecular weight is 329 g/mol. The molecule has 1 unspecified atom stereocenters. The van der Waals surface area contributed by atoms with E-state index in [-0.39, 0.29) is 0 Å². The predicted molar refractivity (Wildman–Crippen MR) is 43.9 cm³/mol. The van der Waals surface area contributed by atoms with Crippen LogP contribution in [0.15, 0.2) is 4.47 Å². The van der Waals surface area contributed by atoms with Gasteiger partial charge in [-0.15, -0.1) is 0 Å². The normalized spacial score (nSPS) is 13.9. The van der Waals surface area contributed by atoms with Gasteiger partial charge in [0.05, 0.1) is 10.0 Å². The fraction of sp³-hybridized carbons (Fsp3) is 0.250. The summed E-state index contributed by atoms with van der Waals surface area (Å²) < 4.78 is 98.2. The van der Waals surface area contributed by atoms with Gasteiger partial charge in [-0.05, 0) is 15.9 Å². The van der Waals surface area contributed by atoms with Gasteiger partial charge in [0.15, 0.2) is 23.3 Å². The van der Waals surface area contributed by atoms with Gasteiger partial charge in [-0.2, -0.15) is 13.2 Å². The molecular formula is C8HBrF8. The fourth-order valence-corrected chi connectivity index (χ4v) is 1.56. The van der Waals surface area contributed by atoms with Crippen LogP contribution in [0, 0.1) is 23.3 Å². The average Bonchev–Trinajstić information content (AvgIpc) is 2.22. The summed E-state index contributed by atoms with van der Waals surface area (Å²) in [5, 5.41) is 0. The van der Waals surface area contributed by atoms with Gasteiger partial charge in [-0.3, -0.25) is 0 Å². The molecule has 0 heterocycles. The number of halogens is 9. The van der Waals surface area contributed by atoms with Crippen molar-refractivity contribution in [2.24, 2.45) is 0 Å². The summed E-state index contributed by atoms with van der Waals surface area (Å²) in [6.45, 7) is 0. The van der Waals surface area contributed by atoms with E-state index in [2.05, 4.69) is 0 Å². The molecule has 0 saturated heterocycles. The molecule has 0 bridgehead atoms. The molecule has 0 spiro atoms. The lowest BCUT2D eigenvalue weighted by Gasteiger charge is -2.16. The van der Waals surface area contributed by atoms with E-state index in [1.54, 1.807) is 0 Å². The van der Waals surface area contributed by atoms with E-state index in [4.69, 9.17) is 0 Å². The monoisotopic (exact) mass is 328 g/mol. The van der Waals surface area contributed by atoms with E-state index in [9.17, 15) is 35.1 Å². The van der Waals surface area contributed by atoms with E-state index in [0.29, 0.717) is 0 Å². The summed E-state index contributed by atoms with van der Waals surface area (Å²) in [5.74, 6) is -9.40. The Bertz CT molecular complexity index is 423. The minimum absolute atomic E-state index is 1.45. The molecule has 0 aliphatic heterocycles. The lowest BCUT2D eigenvalue weighted by atomic mass is 10.1. The molecule has 0 aromatic heterocycles. The standard InChI is InChI=1S/C8HBrF8/c9-2-1(7(14)8(15,16)17)3(10)5(12)6(13)4(2)11/h7H. The maximum Gasteiger partial charge on any atom is 0.424 e. The molecule has 1 atom stereocenters. The zero-order valence-electron chi connectivity index (χ0n) is 7.48. The van der Waals surface area contributed by atoms with Crippen LogP contribution in [0.1, 0.15) is 11.7 Å². The molecule has 0 saturated carbocycles. The highest BCUT2D eigenvalue weighted by molar-refractivity contribution is 9.10. The number of hydrogen-bond acceptors (Lipinski definition) is 0. The molecule has 1 rings (SSSR count). The zero-order valence-corrected chi connectivity index (χ0v) is 9.07. The quantitative estimate of drug-likeness (QED) is 0.402. The Balaban J connectivity index is 3.55. The predicted octanol–water partition coefficient (Wildman–Crippen LogP) is 4.58. The molecule has 1 aromatic carbocycles. The van der Waals surface area contributed by atoms with E-state index < -0.39 is 45.7 Å². The summed E-state index contributed by atoms with van der Waals surface area (Å²) in [6.07, 6.45) is -9.54. The Morgan fingerprint density at radius 3 is 1.65 bits per heavy atom. The third-order valence-corrected chi connectivity index (χ3v) is 2.56. The van der Waals surface area contributed by atoms with Gasteiger partial charge in [-0.1, -0.05) is 0 Å². The van der Waals surface area contributed by atoms with E-state index in [1.165, 1.54) is 0 Å². The molecule has 96 valence electrons. The SMILES string of the molecule is Fc1c(F)c(F)c(C(F)C(F)(F)F)c(Br)c1F. The minimum atomic E-state index is -5.57. The van der Waals surface area contributed by atoms with Gasteiger partial charge in [0.25, 0.3) is 0 Å². The summed E-state index contributed by atoms with van der Waals surface area (Å²) >= 11 is 2.05. The highest BCUT2D eigenvalue weighted by atomic mass is 79.9. The topological polar surface area (TPSA) is 0 Å². The van der Waals surface area contributed by atoms with Crippen molar-refractivity contribution in [3.8, 4) is 0 Å². The van der Waals surface area contributed by atoms with Crippen LogP contribution in [0.25, 0.3) is 0 Å². The van der Waals surface area contributed by atoms with Gasteiger partial charge >= 0.3 is 6.18 Å². The number of alkyl halides is 4. The van der Waals surface area contributed by atoms with Gasteiger partial charge in [0.2, 0.25) is 6.17 Å². The van der Waals surface area contributed by atoms with E-state index >= 15 is 0 Å². The molecule has 0 radical (unpaired) electrons. The highest BCUT2D eigenvalue weighted by Crippen LogP contribution is 2.42. The van der Waals surface area contributed by atoms with Crippen LogP contribution in [-0.4, -0.2) is 6.18 Å². The minimum Gasteiger partial charge on any atom is -0.232 e. The molecule has 0 aliphatic rings. The van der Waals surface area contributed by atoms with E-state index in [1.807, 2.05) is 15.9 Å².